The molecule has 0 saturated carbocycles. The van der Waals surface area contributed by atoms with Crippen LogP contribution in [0.15, 0.2) is 24.3 Å². The summed E-state index contributed by atoms with van der Waals surface area (Å²) in [5, 5.41) is 3.43. The number of nitrogens with one attached hydrogen (secondary N) is 1. The molecule has 0 spiro atoms. The second-order valence-corrected chi connectivity index (χ2v) is 5.50. The molecule has 0 saturated heterocycles. The molecular formula is C14H23NOS. The Morgan fingerprint density at radius 2 is 1.94 bits per heavy atom. The number of hydrogen-bond acceptors (Lipinski definition) is 3. The van der Waals surface area contributed by atoms with Gasteiger partial charge in [0.1, 0.15) is 5.75 Å². The van der Waals surface area contributed by atoms with Crippen molar-refractivity contribution in [2.45, 2.75) is 20.4 Å². The lowest BCUT2D eigenvalue weighted by Gasteiger charge is -2.09. The summed E-state index contributed by atoms with van der Waals surface area (Å²) >= 11 is 1.80. The molecule has 17 heavy (non-hydrogen) atoms. The molecule has 0 aromatic heterocycles. The van der Waals surface area contributed by atoms with Crippen LogP contribution in [0.25, 0.3) is 0 Å². The monoisotopic (exact) mass is 253 g/mol. The van der Waals surface area contributed by atoms with Crippen molar-refractivity contribution in [2.75, 3.05) is 25.2 Å². The molecule has 0 radical (unpaired) electrons. The minimum absolute atomic E-state index is 0.698. The molecule has 1 N–H and O–H groups in total. The Labute approximate surface area is 109 Å². The van der Waals surface area contributed by atoms with Gasteiger partial charge < -0.3 is 10.1 Å². The van der Waals surface area contributed by atoms with Crippen molar-refractivity contribution in [3.63, 3.8) is 0 Å². The van der Waals surface area contributed by atoms with Gasteiger partial charge in [-0.25, -0.2) is 0 Å². The van der Waals surface area contributed by atoms with Crippen molar-refractivity contribution in [3.8, 4) is 5.75 Å². The van der Waals surface area contributed by atoms with E-state index in [9.17, 15) is 0 Å². The van der Waals surface area contributed by atoms with Crippen molar-refractivity contribution in [2.24, 2.45) is 5.92 Å². The molecule has 0 amide bonds. The van der Waals surface area contributed by atoms with Crippen LogP contribution in [0.5, 0.6) is 5.75 Å². The molecule has 1 rings (SSSR count). The van der Waals surface area contributed by atoms with Crippen LogP contribution >= 0.6 is 11.8 Å². The van der Waals surface area contributed by atoms with Crippen molar-refractivity contribution in [3.05, 3.63) is 29.8 Å². The SMILES string of the molecule is CSCCOc1ccc(CNCC(C)C)cc1. The highest BCUT2D eigenvalue weighted by Crippen LogP contribution is 2.12. The van der Waals surface area contributed by atoms with Gasteiger partial charge in [0.25, 0.3) is 0 Å². The molecule has 1 aromatic carbocycles. The molecule has 1 aromatic rings. The lowest BCUT2D eigenvalue weighted by molar-refractivity contribution is 0.344. The van der Waals surface area contributed by atoms with Crippen LogP contribution in [0.4, 0.5) is 0 Å². The number of benzene rings is 1. The Morgan fingerprint density at radius 1 is 1.24 bits per heavy atom. The largest absolute Gasteiger partial charge is 0.493 e. The molecule has 0 heterocycles. The van der Waals surface area contributed by atoms with E-state index >= 15 is 0 Å². The second kappa shape index (κ2) is 8.43. The Balaban J connectivity index is 2.29. The van der Waals surface area contributed by atoms with Crippen LogP contribution < -0.4 is 10.1 Å². The van der Waals surface area contributed by atoms with Crippen LogP contribution in [-0.4, -0.2) is 25.2 Å². The third kappa shape index (κ3) is 6.59. The first-order valence-electron chi connectivity index (χ1n) is 6.13. The van der Waals surface area contributed by atoms with E-state index < -0.39 is 0 Å². The summed E-state index contributed by atoms with van der Waals surface area (Å²) in [4.78, 5) is 0. The Bertz CT molecular complexity index is 298. The predicted molar refractivity (Wildman–Crippen MR) is 76.9 cm³/mol. The van der Waals surface area contributed by atoms with Gasteiger partial charge in [0.15, 0.2) is 0 Å². The van der Waals surface area contributed by atoms with Crippen LogP contribution in [0, 0.1) is 5.92 Å². The highest BCUT2D eigenvalue weighted by atomic mass is 32.2. The maximum atomic E-state index is 5.60. The van der Waals surface area contributed by atoms with Gasteiger partial charge in [-0.1, -0.05) is 26.0 Å². The van der Waals surface area contributed by atoms with E-state index in [0.29, 0.717) is 5.92 Å². The third-order valence-electron chi connectivity index (χ3n) is 2.36. The summed E-state index contributed by atoms with van der Waals surface area (Å²) in [7, 11) is 0. The first-order valence-corrected chi connectivity index (χ1v) is 7.53. The maximum Gasteiger partial charge on any atom is 0.119 e. The smallest absolute Gasteiger partial charge is 0.119 e. The molecule has 0 aliphatic heterocycles. The molecule has 0 bridgehead atoms. The molecule has 0 aliphatic rings. The van der Waals surface area contributed by atoms with Crippen LogP contribution in [0.2, 0.25) is 0 Å². The first-order chi connectivity index (χ1) is 8.22. The maximum absolute atomic E-state index is 5.60. The third-order valence-corrected chi connectivity index (χ3v) is 2.94. The van der Waals surface area contributed by atoms with Gasteiger partial charge in [0, 0.05) is 12.3 Å². The minimum atomic E-state index is 0.698. The Hall–Kier alpha value is -0.670. The fourth-order valence-electron chi connectivity index (χ4n) is 1.45. The topological polar surface area (TPSA) is 21.3 Å². The average molecular weight is 253 g/mol. The van der Waals surface area contributed by atoms with E-state index in [1.807, 2.05) is 12.1 Å². The molecule has 0 fully saturated rings. The fourth-order valence-corrected chi connectivity index (χ4v) is 1.70. The molecule has 96 valence electrons. The number of thioether (sulfide) groups is 1. The van der Waals surface area contributed by atoms with Gasteiger partial charge in [-0.3, -0.25) is 0 Å². The Morgan fingerprint density at radius 3 is 2.53 bits per heavy atom. The van der Waals surface area contributed by atoms with Crippen molar-refractivity contribution in [1.82, 2.24) is 5.32 Å². The molecule has 0 atom stereocenters. The fraction of sp³-hybridized carbons (Fsp3) is 0.571. The molecule has 2 nitrogen and oxygen atoms in total. The van der Waals surface area contributed by atoms with Gasteiger partial charge in [0.2, 0.25) is 0 Å². The molecule has 0 unspecified atom stereocenters. The van der Waals surface area contributed by atoms with Gasteiger partial charge in [-0.05, 0) is 36.4 Å². The van der Waals surface area contributed by atoms with E-state index in [-0.39, 0.29) is 0 Å². The summed E-state index contributed by atoms with van der Waals surface area (Å²) in [5.74, 6) is 2.70. The number of hydrogen-bond donors (Lipinski definition) is 1. The summed E-state index contributed by atoms with van der Waals surface area (Å²) < 4.78 is 5.60. The van der Waals surface area contributed by atoms with Crippen molar-refractivity contribution >= 4 is 11.8 Å². The lowest BCUT2D eigenvalue weighted by Crippen LogP contribution is -2.18. The van der Waals surface area contributed by atoms with Crippen LogP contribution in [0.3, 0.4) is 0 Å². The predicted octanol–water partition coefficient (Wildman–Crippen LogP) is 3.17. The van der Waals surface area contributed by atoms with E-state index in [1.54, 1.807) is 11.8 Å². The highest BCUT2D eigenvalue weighted by Gasteiger charge is 1.97. The molecule has 3 heteroatoms. The van der Waals surface area contributed by atoms with Crippen LogP contribution in [-0.2, 0) is 6.54 Å². The summed E-state index contributed by atoms with van der Waals surface area (Å²) in [6.07, 6.45) is 2.09. The van der Waals surface area contributed by atoms with E-state index in [2.05, 4.69) is 37.6 Å². The van der Waals surface area contributed by atoms with Crippen molar-refractivity contribution < 1.29 is 4.74 Å². The van der Waals surface area contributed by atoms with Gasteiger partial charge >= 0.3 is 0 Å². The van der Waals surface area contributed by atoms with E-state index in [0.717, 1.165) is 31.2 Å². The average Bonchev–Trinajstić information content (AvgIpc) is 2.31. The number of ether oxygens (including phenoxy) is 1. The first kappa shape index (κ1) is 14.4. The van der Waals surface area contributed by atoms with E-state index in [1.165, 1.54) is 5.56 Å². The minimum Gasteiger partial charge on any atom is -0.493 e. The number of rotatable bonds is 8. The lowest BCUT2D eigenvalue weighted by atomic mass is 10.2. The van der Waals surface area contributed by atoms with Crippen molar-refractivity contribution in [1.29, 1.82) is 0 Å². The van der Waals surface area contributed by atoms with E-state index in [4.69, 9.17) is 4.74 Å². The summed E-state index contributed by atoms with van der Waals surface area (Å²) in [6, 6.07) is 8.35. The normalized spacial score (nSPS) is 10.8. The van der Waals surface area contributed by atoms with Crippen LogP contribution in [0.1, 0.15) is 19.4 Å². The zero-order valence-corrected chi connectivity index (χ0v) is 11.8. The highest BCUT2D eigenvalue weighted by molar-refractivity contribution is 7.98. The quantitative estimate of drug-likeness (QED) is 0.719. The van der Waals surface area contributed by atoms with Gasteiger partial charge in [-0.15, -0.1) is 0 Å². The molecule has 0 aliphatic carbocycles. The standard InChI is InChI=1S/C14H23NOS/c1-12(2)10-15-11-13-4-6-14(7-5-13)16-8-9-17-3/h4-7,12,15H,8-11H2,1-3H3. The zero-order chi connectivity index (χ0) is 12.5. The second-order valence-electron chi connectivity index (χ2n) is 4.51. The summed E-state index contributed by atoms with van der Waals surface area (Å²) in [6.45, 7) is 7.22. The zero-order valence-electron chi connectivity index (χ0n) is 11.0. The van der Waals surface area contributed by atoms with Gasteiger partial charge in [0.05, 0.1) is 6.61 Å². The molecular weight excluding hydrogens is 230 g/mol. The Kier molecular flexibility index (Phi) is 7.13. The summed E-state index contributed by atoms with van der Waals surface area (Å²) in [5.41, 5.74) is 1.31. The van der Waals surface area contributed by atoms with Gasteiger partial charge in [-0.2, -0.15) is 11.8 Å².